The van der Waals surface area contributed by atoms with Gasteiger partial charge < -0.3 is 9.42 Å². The van der Waals surface area contributed by atoms with Crippen LogP contribution in [-0.2, 0) is 0 Å². The molecule has 0 amide bonds. The molecule has 14 heavy (non-hydrogen) atoms. The van der Waals surface area contributed by atoms with E-state index in [0.29, 0.717) is 12.0 Å². The highest BCUT2D eigenvalue weighted by atomic mass is 16.5. The van der Waals surface area contributed by atoms with Gasteiger partial charge in [-0.25, -0.2) is 0 Å². The first-order valence-electron chi connectivity index (χ1n) is 5.21. The number of nitrogens with zero attached hydrogens (tertiary/aromatic N) is 3. The van der Waals surface area contributed by atoms with Gasteiger partial charge >= 0.3 is 0 Å². The Balaban J connectivity index is 2.02. The fourth-order valence-electron chi connectivity index (χ4n) is 1.94. The van der Waals surface area contributed by atoms with Gasteiger partial charge in [0.2, 0.25) is 5.89 Å². The molecule has 78 valence electrons. The Hall–Kier alpha value is -0.900. The van der Waals surface area contributed by atoms with Gasteiger partial charge in [0.05, 0.1) is 5.92 Å². The van der Waals surface area contributed by atoms with Crippen LogP contribution in [0.5, 0.6) is 0 Å². The van der Waals surface area contributed by atoms with E-state index >= 15 is 0 Å². The third-order valence-electron chi connectivity index (χ3n) is 2.84. The normalized spacial score (nSPS) is 23.6. The van der Waals surface area contributed by atoms with Crippen LogP contribution < -0.4 is 0 Å². The highest BCUT2D eigenvalue weighted by Crippen LogP contribution is 2.26. The highest BCUT2D eigenvalue weighted by molar-refractivity contribution is 4.98. The molecular formula is C10H17N3O. The van der Waals surface area contributed by atoms with E-state index in [9.17, 15) is 0 Å². The predicted octanol–water partition coefficient (Wildman–Crippen LogP) is 1.58. The third-order valence-corrected chi connectivity index (χ3v) is 2.84. The molecule has 0 N–H and O–H groups in total. The Bertz CT molecular complexity index is 308. The molecule has 0 spiro atoms. The second-order valence-corrected chi connectivity index (χ2v) is 4.25. The molecule has 0 radical (unpaired) electrons. The van der Waals surface area contributed by atoms with E-state index < -0.39 is 0 Å². The van der Waals surface area contributed by atoms with E-state index in [0.717, 1.165) is 31.2 Å². The largest absolute Gasteiger partial charge is 0.339 e. The molecule has 1 aliphatic rings. The molecule has 1 saturated heterocycles. The van der Waals surface area contributed by atoms with Gasteiger partial charge in [-0.2, -0.15) is 4.98 Å². The number of aryl methyl sites for hydroxylation is 1. The number of aromatic nitrogens is 2. The Morgan fingerprint density at radius 2 is 2.29 bits per heavy atom. The van der Waals surface area contributed by atoms with E-state index in [1.54, 1.807) is 0 Å². The lowest BCUT2D eigenvalue weighted by molar-refractivity contribution is 0.265. The smallest absolute Gasteiger partial charge is 0.231 e. The van der Waals surface area contributed by atoms with Crippen LogP contribution in [0.15, 0.2) is 4.52 Å². The van der Waals surface area contributed by atoms with Crippen molar-refractivity contribution in [3.63, 3.8) is 0 Å². The van der Waals surface area contributed by atoms with E-state index in [-0.39, 0.29) is 0 Å². The van der Waals surface area contributed by atoms with Crippen LogP contribution in [0.4, 0.5) is 0 Å². The van der Waals surface area contributed by atoms with Gasteiger partial charge in [0.25, 0.3) is 0 Å². The zero-order valence-electron chi connectivity index (χ0n) is 9.03. The molecule has 2 rings (SSSR count). The SMILES string of the molecule is Cc1noc([C@@H]2CCN(C(C)C)C2)n1. The lowest BCUT2D eigenvalue weighted by Crippen LogP contribution is -2.27. The average molecular weight is 195 g/mol. The summed E-state index contributed by atoms with van der Waals surface area (Å²) in [5, 5.41) is 3.83. The first kappa shape index (κ1) is 9.65. The monoisotopic (exact) mass is 195 g/mol. The minimum Gasteiger partial charge on any atom is -0.339 e. The van der Waals surface area contributed by atoms with Crippen molar-refractivity contribution >= 4 is 0 Å². The molecule has 0 unspecified atom stereocenters. The average Bonchev–Trinajstić information content (AvgIpc) is 2.70. The van der Waals surface area contributed by atoms with Crippen molar-refractivity contribution in [3.05, 3.63) is 11.7 Å². The summed E-state index contributed by atoms with van der Waals surface area (Å²) in [7, 11) is 0. The first-order chi connectivity index (χ1) is 6.66. The topological polar surface area (TPSA) is 42.2 Å². The van der Waals surface area contributed by atoms with Crippen LogP contribution in [0.1, 0.15) is 37.9 Å². The second kappa shape index (κ2) is 3.69. The summed E-state index contributed by atoms with van der Waals surface area (Å²) < 4.78 is 5.19. The molecular weight excluding hydrogens is 178 g/mol. The molecule has 0 bridgehead atoms. The number of hydrogen-bond acceptors (Lipinski definition) is 4. The van der Waals surface area contributed by atoms with Crippen LogP contribution in [0.25, 0.3) is 0 Å². The summed E-state index contributed by atoms with van der Waals surface area (Å²) in [6.45, 7) is 8.51. The minimum atomic E-state index is 0.443. The van der Waals surface area contributed by atoms with Crippen molar-refractivity contribution < 1.29 is 4.52 Å². The molecule has 0 aromatic carbocycles. The third kappa shape index (κ3) is 1.80. The van der Waals surface area contributed by atoms with Gasteiger partial charge in [0.15, 0.2) is 5.82 Å². The van der Waals surface area contributed by atoms with Crippen LogP contribution in [0.2, 0.25) is 0 Å². The van der Waals surface area contributed by atoms with E-state index in [1.807, 2.05) is 6.92 Å². The van der Waals surface area contributed by atoms with Gasteiger partial charge in [0.1, 0.15) is 0 Å². The molecule has 1 fully saturated rings. The molecule has 1 aromatic rings. The van der Waals surface area contributed by atoms with Crippen molar-refractivity contribution in [2.24, 2.45) is 0 Å². The number of rotatable bonds is 2. The van der Waals surface area contributed by atoms with Crippen molar-refractivity contribution in [2.45, 2.75) is 39.2 Å². The molecule has 4 nitrogen and oxygen atoms in total. The van der Waals surface area contributed by atoms with Crippen molar-refractivity contribution in [1.82, 2.24) is 15.0 Å². The maximum atomic E-state index is 5.19. The summed E-state index contributed by atoms with van der Waals surface area (Å²) in [5.74, 6) is 1.99. The molecule has 1 aromatic heterocycles. The standard InChI is InChI=1S/C10H17N3O/c1-7(2)13-5-4-9(6-13)10-11-8(3)12-14-10/h7,9H,4-6H2,1-3H3/t9-/m1/s1. The summed E-state index contributed by atoms with van der Waals surface area (Å²) in [5.41, 5.74) is 0. The Morgan fingerprint density at radius 1 is 1.50 bits per heavy atom. The summed E-state index contributed by atoms with van der Waals surface area (Å²) in [6, 6.07) is 0.615. The molecule has 0 saturated carbocycles. The van der Waals surface area contributed by atoms with Crippen LogP contribution in [-0.4, -0.2) is 34.2 Å². The maximum absolute atomic E-state index is 5.19. The Labute approximate surface area is 84.3 Å². The van der Waals surface area contributed by atoms with Crippen LogP contribution in [0, 0.1) is 6.92 Å². The van der Waals surface area contributed by atoms with Crippen molar-refractivity contribution in [3.8, 4) is 0 Å². The molecule has 4 heteroatoms. The lowest BCUT2D eigenvalue weighted by Gasteiger charge is -2.19. The van der Waals surface area contributed by atoms with Gasteiger partial charge in [-0.15, -0.1) is 0 Å². The molecule has 2 heterocycles. The molecule has 1 atom stereocenters. The summed E-state index contributed by atoms with van der Waals surface area (Å²) in [6.07, 6.45) is 1.14. The minimum absolute atomic E-state index is 0.443. The predicted molar refractivity (Wildman–Crippen MR) is 53.1 cm³/mol. The lowest BCUT2D eigenvalue weighted by atomic mass is 10.1. The van der Waals surface area contributed by atoms with Crippen LogP contribution in [0.3, 0.4) is 0 Å². The zero-order valence-corrected chi connectivity index (χ0v) is 9.03. The summed E-state index contributed by atoms with van der Waals surface area (Å²) >= 11 is 0. The quantitative estimate of drug-likeness (QED) is 0.718. The molecule has 1 aliphatic heterocycles. The fraction of sp³-hybridized carbons (Fsp3) is 0.800. The number of hydrogen-bond donors (Lipinski definition) is 0. The van der Waals surface area contributed by atoms with Gasteiger partial charge in [-0.05, 0) is 33.7 Å². The number of likely N-dealkylation sites (tertiary alicyclic amines) is 1. The van der Waals surface area contributed by atoms with Gasteiger partial charge in [-0.3, -0.25) is 0 Å². The maximum Gasteiger partial charge on any atom is 0.231 e. The Kier molecular flexibility index (Phi) is 2.54. The van der Waals surface area contributed by atoms with E-state index in [4.69, 9.17) is 4.52 Å². The Morgan fingerprint density at radius 3 is 2.79 bits per heavy atom. The first-order valence-corrected chi connectivity index (χ1v) is 5.21. The second-order valence-electron chi connectivity index (χ2n) is 4.25. The molecule has 0 aliphatic carbocycles. The van der Waals surface area contributed by atoms with Gasteiger partial charge in [-0.1, -0.05) is 5.16 Å². The zero-order chi connectivity index (χ0) is 10.1. The van der Waals surface area contributed by atoms with Crippen LogP contribution >= 0.6 is 0 Å². The van der Waals surface area contributed by atoms with E-state index in [2.05, 4.69) is 28.9 Å². The summed E-state index contributed by atoms with van der Waals surface area (Å²) in [4.78, 5) is 6.73. The van der Waals surface area contributed by atoms with E-state index in [1.165, 1.54) is 0 Å². The van der Waals surface area contributed by atoms with Crippen molar-refractivity contribution in [2.75, 3.05) is 13.1 Å². The highest BCUT2D eigenvalue weighted by Gasteiger charge is 2.28. The van der Waals surface area contributed by atoms with Gasteiger partial charge in [0, 0.05) is 12.6 Å². The van der Waals surface area contributed by atoms with Crippen molar-refractivity contribution in [1.29, 1.82) is 0 Å². The fourth-order valence-corrected chi connectivity index (χ4v) is 1.94.